The van der Waals surface area contributed by atoms with Gasteiger partial charge in [-0.2, -0.15) is 8.42 Å². The molecule has 0 aromatic heterocycles. The number of rotatable bonds is 6. The van der Waals surface area contributed by atoms with Gasteiger partial charge in [0, 0.05) is 0 Å². The van der Waals surface area contributed by atoms with Crippen LogP contribution in [0.25, 0.3) is 0 Å². The molecule has 0 unspecified atom stereocenters. The van der Waals surface area contributed by atoms with E-state index < -0.39 is 20.2 Å². The second-order valence-electron chi connectivity index (χ2n) is 2.65. The monoisotopic (exact) mass is 230 g/mol. The van der Waals surface area contributed by atoms with Gasteiger partial charge in [-0.25, -0.2) is 13.6 Å². The molecular formula is C5H14N2O4S2. The van der Waals surface area contributed by atoms with Gasteiger partial charge in [-0.05, 0) is 6.42 Å². The van der Waals surface area contributed by atoms with Crippen molar-refractivity contribution in [1.29, 1.82) is 0 Å². The molecular weight excluding hydrogens is 216 g/mol. The molecule has 0 heterocycles. The van der Waals surface area contributed by atoms with Gasteiger partial charge in [0.05, 0.1) is 5.75 Å². The van der Waals surface area contributed by atoms with Gasteiger partial charge in [0.2, 0.25) is 10.0 Å². The predicted molar refractivity (Wildman–Crippen MR) is 49.6 cm³/mol. The molecule has 0 aromatic rings. The SMILES string of the molecule is CCCCCS(=O)(=O)NS(N)(=O)=O. The smallest absolute Gasteiger partial charge is 0.215 e. The average molecular weight is 230 g/mol. The van der Waals surface area contributed by atoms with Crippen molar-refractivity contribution in [2.45, 2.75) is 26.2 Å². The van der Waals surface area contributed by atoms with Gasteiger partial charge in [-0.1, -0.05) is 23.9 Å². The average Bonchev–Trinajstić information content (AvgIpc) is 1.81. The Balaban J connectivity index is 4.12. The molecule has 13 heavy (non-hydrogen) atoms. The lowest BCUT2D eigenvalue weighted by Gasteiger charge is -2.02. The summed E-state index contributed by atoms with van der Waals surface area (Å²) in [6.07, 6.45) is 2.04. The fourth-order valence-electron chi connectivity index (χ4n) is 0.761. The Morgan fingerprint density at radius 3 is 2.08 bits per heavy atom. The molecule has 0 saturated carbocycles. The molecule has 0 spiro atoms. The van der Waals surface area contributed by atoms with Gasteiger partial charge in [0.15, 0.2) is 0 Å². The second kappa shape index (κ2) is 4.89. The van der Waals surface area contributed by atoms with Gasteiger partial charge in [0.25, 0.3) is 10.2 Å². The minimum Gasteiger partial charge on any atom is -0.215 e. The van der Waals surface area contributed by atoms with Crippen LogP contribution in [-0.2, 0) is 20.2 Å². The zero-order valence-electron chi connectivity index (χ0n) is 7.36. The van der Waals surface area contributed by atoms with Crippen LogP contribution < -0.4 is 9.27 Å². The Bertz CT molecular complexity index is 332. The number of hydrogen-bond donors (Lipinski definition) is 2. The van der Waals surface area contributed by atoms with Crippen LogP contribution in [0.5, 0.6) is 0 Å². The van der Waals surface area contributed by atoms with Crippen LogP contribution in [0.15, 0.2) is 0 Å². The fourth-order valence-corrected chi connectivity index (χ4v) is 3.09. The fraction of sp³-hybridized carbons (Fsp3) is 1.00. The van der Waals surface area contributed by atoms with Gasteiger partial charge in [-0.3, -0.25) is 0 Å². The quantitative estimate of drug-likeness (QED) is 0.588. The number of unbranched alkanes of at least 4 members (excludes halogenated alkanes) is 2. The summed E-state index contributed by atoms with van der Waals surface area (Å²) in [7, 11) is -7.93. The number of sulfonamides is 1. The van der Waals surface area contributed by atoms with Crippen molar-refractivity contribution in [1.82, 2.24) is 4.13 Å². The third kappa shape index (κ3) is 8.16. The molecule has 0 rings (SSSR count). The van der Waals surface area contributed by atoms with E-state index in [0.29, 0.717) is 6.42 Å². The van der Waals surface area contributed by atoms with Crippen LogP contribution in [0, 0.1) is 0 Å². The molecule has 0 aromatic carbocycles. The molecule has 0 aliphatic rings. The molecule has 0 aliphatic heterocycles. The van der Waals surface area contributed by atoms with Crippen LogP contribution in [0.3, 0.4) is 0 Å². The Kier molecular flexibility index (Phi) is 4.82. The van der Waals surface area contributed by atoms with Crippen molar-refractivity contribution in [2.24, 2.45) is 5.14 Å². The third-order valence-corrected chi connectivity index (χ3v) is 4.03. The first-order valence-corrected chi connectivity index (χ1v) is 7.00. The summed E-state index contributed by atoms with van der Waals surface area (Å²) in [4.78, 5) is 0. The van der Waals surface area contributed by atoms with E-state index in [-0.39, 0.29) is 5.75 Å². The third-order valence-electron chi connectivity index (χ3n) is 1.26. The lowest BCUT2D eigenvalue weighted by atomic mass is 10.3. The molecule has 0 radical (unpaired) electrons. The van der Waals surface area contributed by atoms with E-state index in [2.05, 4.69) is 5.14 Å². The van der Waals surface area contributed by atoms with E-state index in [0.717, 1.165) is 12.8 Å². The van der Waals surface area contributed by atoms with Crippen molar-refractivity contribution in [3.63, 3.8) is 0 Å². The highest BCUT2D eigenvalue weighted by atomic mass is 32.3. The van der Waals surface area contributed by atoms with Crippen LogP contribution in [0.2, 0.25) is 0 Å². The molecule has 6 nitrogen and oxygen atoms in total. The normalized spacial score (nSPS) is 13.1. The van der Waals surface area contributed by atoms with E-state index in [4.69, 9.17) is 0 Å². The maximum Gasteiger partial charge on any atom is 0.287 e. The summed E-state index contributed by atoms with van der Waals surface area (Å²) in [5.74, 6) is -0.211. The largest absolute Gasteiger partial charge is 0.287 e. The molecule has 0 bridgehead atoms. The maximum absolute atomic E-state index is 11.0. The van der Waals surface area contributed by atoms with Crippen LogP contribution in [0.4, 0.5) is 0 Å². The highest BCUT2D eigenvalue weighted by Crippen LogP contribution is 1.97. The molecule has 80 valence electrons. The first-order valence-electron chi connectivity index (χ1n) is 3.81. The molecule has 3 N–H and O–H groups in total. The number of nitrogens with two attached hydrogens (primary N) is 1. The number of nitrogens with one attached hydrogen (secondary N) is 1. The zero-order valence-corrected chi connectivity index (χ0v) is 8.99. The highest BCUT2D eigenvalue weighted by Gasteiger charge is 2.15. The summed E-state index contributed by atoms with van der Waals surface area (Å²) >= 11 is 0. The molecule has 0 amide bonds. The summed E-state index contributed by atoms with van der Waals surface area (Å²) in [6.45, 7) is 1.92. The van der Waals surface area contributed by atoms with Crippen LogP contribution in [0.1, 0.15) is 26.2 Å². The molecule has 0 aliphatic carbocycles. The maximum atomic E-state index is 11.0. The lowest BCUT2D eigenvalue weighted by molar-refractivity contribution is 0.575. The zero-order chi connectivity index (χ0) is 10.5. The second-order valence-corrected chi connectivity index (χ2v) is 6.05. The summed E-state index contributed by atoms with van der Waals surface area (Å²) in [5, 5.41) is 4.51. The summed E-state index contributed by atoms with van der Waals surface area (Å²) in [5.41, 5.74) is 0. The topological polar surface area (TPSA) is 106 Å². The lowest BCUT2D eigenvalue weighted by Crippen LogP contribution is -2.37. The van der Waals surface area contributed by atoms with Gasteiger partial charge < -0.3 is 0 Å². The van der Waals surface area contributed by atoms with Gasteiger partial charge in [-0.15, -0.1) is 0 Å². The van der Waals surface area contributed by atoms with E-state index in [1.165, 1.54) is 4.13 Å². The van der Waals surface area contributed by atoms with E-state index in [9.17, 15) is 16.8 Å². The Morgan fingerprint density at radius 1 is 1.15 bits per heavy atom. The van der Waals surface area contributed by atoms with Crippen molar-refractivity contribution >= 4 is 20.2 Å². The molecule has 0 saturated heterocycles. The van der Waals surface area contributed by atoms with E-state index in [1.807, 2.05) is 6.92 Å². The Labute approximate surface area is 78.7 Å². The van der Waals surface area contributed by atoms with Crippen molar-refractivity contribution in [3.05, 3.63) is 0 Å². The van der Waals surface area contributed by atoms with Crippen LogP contribution >= 0.6 is 0 Å². The predicted octanol–water partition coefficient (Wildman–Crippen LogP) is -0.700. The molecule has 8 heteroatoms. The first-order chi connectivity index (χ1) is 5.77. The van der Waals surface area contributed by atoms with Crippen molar-refractivity contribution < 1.29 is 16.8 Å². The highest BCUT2D eigenvalue weighted by molar-refractivity contribution is 8.03. The van der Waals surface area contributed by atoms with Crippen molar-refractivity contribution in [3.8, 4) is 0 Å². The van der Waals surface area contributed by atoms with Gasteiger partial charge in [0.1, 0.15) is 0 Å². The molecule has 0 fully saturated rings. The Hall–Kier alpha value is -0.180. The standard InChI is InChI=1S/C5H14N2O4S2/c1-2-3-4-5-12(8,9)7-13(6,10)11/h7H,2-5H2,1H3,(H2,6,10,11). The van der Waals surface area contributed by atoms with Gasteiger partial charge >= 0.3 is 0 Å². The minimum atomic E-state index is -4.16. The molecule has 0 atom stereocenters. The Morgan fingerprint density at radius 2 is 1.69 bits per heavy atom. The van der Waals surface area contributed by atoms with Crippen LogP contribution in [-0.4, -0.2) is 22.6 Å². The van der Waals surface area contributed by atoms with E-state index >= 15 is 0 Å². The first kappa shape index (κ1) is 12.8. The number of hydrogen-bond acceptors (Lipinski definition) is 4. The van der Waals surface area contributed by atoms with Crippen molar-refractivity contribution in [2.75, 3.05) is 5.75 Å². The van der Waals surface area contributed by atoms with E-state index in [1.54, 1.807) is 0 Å². The summed E-state index contributed by atoms with van der Waals surface area (Å²) < 4.78 is 44.0. The summed E-state index contributed by atoms with van der Waals surface area (Å²) in [6, 6.07) is 0. The minimum absolute atomic E-state index is 0.211.